The highest BCUT2D eigenvalue weighted by molar-refractivity contribution is 5.76. The van der Waals surface area contributed by atoms with Gasteiger partial charge in [0.25, 0.3) is 0 Å². The lowest BCUT2D eigenvalue weighted by atomic mass is 9.75. The summed E-state index contributed by atoms with van der Waals surface area (Å²) < 4.78 is 5.90. The SMILES string of the molecule is Cc1ccc([C@H](CC(=O)NCCC[NH+](C)C)[C@H]2CCOC(C)(C)C2)cc1. The lowest BCUT2D eigenvalue weighted by molar-refractivity contribution is -0.858. The van der Waals surface area contributed by atoms with Crippen LogP contribution in [0, 0.1) is 12.8 Å². The normalized spacial score (nSPS) is 20.8. The van der Waals surface area contributed by atoms with Gasteiger partial charge in [0.15, 0.2) is 0 Å². The van der Waals surface area contributed by atoms with E-state index >= 15 is 0 Å². The van der Waals surface area contributed by atoms with Crippen molar-refractivity contribution in [3.63, 3.8) is 0 Å². The molecule has 1 aliphatic heterocycles. The first-order valence-corrected chi connectivity index (χ1v) is 10.0. The highest BCUT2D eigenvalue weighted by Crippen LogP contribution is 2.40. The highest BCUT2D eigenvalue weighted by atomic mass is 16.5. The van der Waals surface area contributed by atoms with Crippen LogP contribution in [0.4, 0.5) is 0 Å². The quantitative estimate of drug-likeness (QED) is 0.698. The molecule has 1 amide bonds. The Kier molecular flexibility index (Phi) is 7.66. The predicted octanol–water partition coefficient (Wildman–Crippen LogP) is 2.32. The molecule has 0 aromatic heterocycles. The zero-order valence-corrected chi connectivity index (χ0v) is 17.2. The lowest BCUT2D eigenvalue weighted by Crippen LogP contribution is -3.05. The molecule has 1 fully saturated rings. The van der Waals surface area contributed by atoms with Gasteiger partial charge >= 0.3 is 0 Å². The molecule has 0 saturated carbocycles. The number of nitrogens with one attached hydrogen (secondary N) is 2. The third-order valence-corrected chi connectivity index (χ3v) is 5.39. The predicted molar refractivity (Wildman–Crippen MR) is 107 cm³/mol. The van der Waals surface area contributed by atoms with Gasteiger partial charge in [-0.1, -0.05) is 29.8 Å². The van der Waals surface area contributed by atoms with Crippen molar-refractivity contribution in [2.24, 2.45) is 5.92 Å². The van der Waals surface area contributed by atoms with Gasteiger partial charge in [-0.3, -0.25) is 4.79 Å². The second-order valence-electron chi connectivity index (χ2n) is 8.74. The average molecular weight is 362 g/mol. The first kappa shape index (κ1) is 20.9. The van der Waals surface area contributed by atoms with Crippen molar-refractivity contribution in [3.05, 3.63) is 35.4 Å². The van der Waals surface area contributed by atoms with Crippen molar-refractivity contribution in [1.82, 2.24) is 5.32 Å². The summed E-state index contributed by atoms with van der Waals surface area (Å²) in [6.45, 7) is 9.06. The second kappa shape index (κ2) is 9.52. The molecule has 146 valence electrons. The first-order valence-electron chi connectivity index (χ1n) is 10.0. The number of quaternary nitrogens is 1. The highest BCUT2D eigenvalue weighted by Gasteiger charge is 2.35. The number of hydrogen-bond acceptors (Lipinski definition) is 2. The molecule has 4 heteroatoms. The standard InChI is InChI=1S/C22H36N2O2/c1-17-7-9-18(10-8-17)20(19-11-14-26-22(2,3)16-19)15-21(25)23-12-6-13-24(4)5/h7-10,19-20H,6,11-16H2,1-5H3,(H,23,25)/p+1/t19-,20-/m0/s1. The van der Waals surface area contributed by atoms with Crippen molar-refractivity contribution in [2.75, 3.05) is 33.8 Å². The van der Waals surface area contributed by atoms with Gasteiger partial charge in [0.05, 0.1) is 26.2 Å². The zero-order chi connectivity index (χ0) is 19.2. The fourth-order valence-electron chi connectivity index (χ4n) is 3.93. The van der Waals surface area contributed by atoms with Gasteiger partial charge in [-0.05, 0) is 51.0 Å². The monoisotopic (exact) mass is 361 g/mol. The van der Waals surface area contributed by atoms with Crippen LogP contribution < -0.4 is 10.2 Å². The zero-order valence-electron chi connectivity index (χ0n) is 17.2. The Balaban J connectivity index is 2.03. The molecular weight excluding hydrogens is 324 g/mol. The van der Waals surface area contributed by atoms with E-state index in [4.69, 9.17) is 4.74 Å². The number of carbonyl (C=O) groups is 1. The molecule has 1 heterocycles. The third kappa shape index (κ3) is 6.73. The summed E-state index contributed by atoms with van der Waals surface area (Å²) in [4.78, 5) is 14.0. The maximum absolute atomic E-state index is 12.6. The van der Waals surface area contributed by atoms with Crippen molar-refractivity contribution in [2.45, 2.75) is 58.0 Å². The van der Waals surface area contributed by atoms with Crippen LogP contribution in [0.15, 0.2) is 24.3 Å². The topological polar surface area (TPSA) is 42.8 Å². The summed E-state index contributed by atoms with van der Waals surface area (Å²) >= 11 is 0. The van der Waals surface area contributed by atoms with Crippen molar-refractivity contribution in [3.8, 4) is 0 Å². The number of hydrogen-bond donors (Lipinski definition) is 2. The molecular formula is C22H37N2O2+. The summed E-state index contributed by atoms with van der Waals surface area (Å²) in [5.74, 6) is 0.922. The fourth-order valence-corrected chi connectivity index (χ4v) is 3.93. The molecule has 1 saturated heterocycles. The molecule has 2 atom stereocenters. The van der Waals surface area contributed by atoms with Crippen LogP contribution in [0.1, 0.15) is 56.6 Å². The molecule has 4 nitrogen and oxygen atoms in total. The second-order valence-corrected chi connectivity index (χ2v) is 8.74. The third-order valence-electron chi connectivity index (χ3n) is 5.39. The molecule has 1 aromatic rings. The van der Waals surface area contributed by atoms with E-state index in [1.54, 1.807) is 0 Å². The minimum atomic E-state index is -0.100. The first-order chi connectivity index (χ1) is 12.3. The maximum atomic E-state index is 12.6. The maximum Gasteiger partial charge on any atom is 0.220 e. The minimum Gasteiger partial charge on any atom is -0.376 e. The summed E-state index contributed by atoms with van der Waals surface area (Å²) in [5, 5.41) is 3.13. The molecule has 0 unspecified atom stereocenters. The van der Waals surface area contributed by atoms with Gasteiger partial charge in [-0.2, -0.15) is 0 Å². The van der Waals surface area contributed by atoms with Gasteiger partial charge < -0.3 is 15.0 Å². The van der Waals surface area contributed by atoms with Crippen LogP contribution in [0.2, 0.25) is 0 Å². The summed E-state index contributed by atoms with van der Waals surface area (Å²) in [7, 11) is 4.28. The summed E-state index contributed by atoms with van der Waals surface area (Å²) in [6, 6.07) is 8.71. The Morgan fingerprint density at radius 2 is 2.00 bits per heavy atom. The van der Waals surface area contributed by atoms with E-state index in [1.807, 2.05) is 0 Å². The number of benzene rings is 1. The largest absolute Gasteiger partial charge is 0.376 e. The lowest BCUT2D eigenvalue weighted by Gasteiger charge is -2.39. The van der Waals surface area contributed by atoms with Crippen molar-refractivity contribution >= 4 is 5.91 Å². The van der Waals surface area contributed by atoms with Crippen molar-refractivity contribution < 1.29 is 14.4 Å². The van der Waals surface area contributed by atoms with Gasteiger partial charge in [0.2, 0.25) is 5.91 Å². The Hall–Kier alpha value is -1.39. The van der Waals surface area contributed by atoms with E-state index in [0.29, 0.717) is 12.3 Å². The van der Waals surface area contributed by atoms with Crippen LogP contribution in [-0.2, 0) is 9.53 Å². The minimum absolute atomic E-state index is 0.100. The van der Waals surface area contributed by atoms with Crippen LogP contribution in [-0.4, -0.2) is 45.3 Å². The summed E-state index contributed by atoms with van der Waals surface area (Å²) in [5.41, 5.74) is 2.44. The molecule has 0 spiro atoms. The number of carbonyl (C=O) groups excluding carboxylic acids is 1. The van der Waals surface area contributed by atoms with E-state index in [2.05, 4.69) is 64.4 Å². The van der Waals surface area contributed by atoms with E-state index in [1.165, 1.54) is 16.0 Å². The average Bonchev–Trinajstić information content (AvgIpc) is 2.56. The number of rotatable bonds is 8. The van der Waals surface area contributed by atoms with Crippen molar-refractivity contribution in [1.29, 1.82) is 0 Å². The van der Waals surface area contributed by atoms with Gasteiger partial charge in [-0.15, -0.1) is 0 Å². The number of amides is 1. The Morgan fingerprint density at radius 1 is 1.31 bits per heavy atom. The Bertz CT molecular complexity index is 566. The molecule has 0 bridgehead atoms. The van der Waals surface area contributed by atoms with E-state index in [0.717, 1.165) is 39.0 Å². The Labute approximate surface area is 159 Å². The molecule has 2 rings (SSSR count). The van der Waals surface area contributed by atoms with Crippen LogP contribution >= 0.6 is 0 Å². The van der Waals surface area contributed by atoms with Crippen LogP contribution in [0.25, 0.3) is 0 Å². The van der Waals surface area contributed by atoms with Gasteiger partial charge in [0.1, 0.15) is 0 Å². The number of aryl methyl sites for hydroxylation is 1. The van der Waals surface area contributed by atoms with Crippen LogP contribution in [0.5, 0.6) is 0 Å². The van der Waals surface area contributed by atoms with Gasteiger partial charge in [-0.25, -0.2) is 0 Å². The fraction of sp³-hybridized carbons (Fsp3) is 0.682. The van der Waals surface area contributed by atoms with E-state index in [9.17, 15) is 4.79 Å². The van der Waals surface area contributed by atoms with E-state index in [-0.39, 0.29) is 17.4 Å². The Morgan fingerprint density at radius 3 is 2.62 bits per heavy atom. The molecule has 26 heavy (non-hydrogen) atoms. The van der Waals surface area contributed by atoms with E-state index < -0.39 is 0 Å². The molecule has 0 aliphatic carbocycles. The molecule has 1 aromatic carbocycles. The molecule has 2 N–H and O–H groups in total. The number of ether oxygens (including phenoxy) is 1. The molecule has 1 aliphatic rings. The smallest absolute Gasteiger partial charge is 0.220 e. The summed E-state index contributed by atoms with van der Waals surface area (Å²) in [6.07, 6.45) is 3.62. The van der Waals surface area contributed by atoms with Crippen LogP contribution in [0.3, 0.4) is 0 Å². The molecule has 0 radical (unpaired) electrons. The van der Waals surface area contributed by atoms with Gasteiger partial charge in [0, 0.05) is 26.0 Å².